The van der Waals surface area contributed by atoms with Gasteiger partial charge in [-0.25, -0.2) is 4.79 Å². The smallest absolute Gasteiger partial charge is 0.335 e. The Bertz CT molecular complexity index is 1270. The molecular weight excluding hydrogens is 422 g/mol. The standard InChI is InChI=1S/C25H19N3O3S/c29-24(30)17-8-6-7-16(15-17)20-12-13-21(31-20)23-22(19-11-4-5-14-26-19)27-25(32)28(23)18-9-2-1-3-10-18/h1-15,22-23H,(H,27,32)(H,29,30). The van der Waals surface area contributed by atoms with Crippen molar-refractivity contribution in [3.05, 3.63) is 108 Å². The topological polar surface area (TPSA) is 78.6 Å². The molecule has 7 heteroatoms. The number of hydrogen-bond acceptors (Lipinski definition) is 4. The van der Waals surface area contributed by atoms with E-state index in [0.717, 1.165) is 11.4 Å². The van der Waals surface area contributed by atoms with Crippen LogP contribution < -0.4 is 10.2 Å². The van der Waals surface area contributed by atoms with E-state index in [1.54, 1.807) is 24.4 Å². The van der Waals surface area contributed by atoms with Crippen molar-refractivity contribution in [2.75, 3.05) is 4.90 Å². The normalized spacial score (nSPS) is 17.9. The number of carbonyl (C=O) groups is 1. The molecule has 6 nitrogen and oxygen atoms in total. The van der Waals surface area contributed by atoms with Gasteiger partial charge in [0.1, 0.15) is 17.6 Å². The van der Waals surface area contributed by atoms with Crippen LogP contribution in [-0.2, 0) is 0 Å². The van der Waals surface area contributed by atoms with Crippen LogP contribution in [0.15, 0.2) is 95.5 Å². The lowest BCUT2D eigenvalue weighted by molar-refractivity contribution is 0.0697. The lowest BCUT2D eigenvalue weighted by Gasteiger charge is -2.26. The number of para-hydroxylation sites is 1. The van der Waals surface area contributed by atoms with Gasteiger partial charge in [0.2, 0.25) is 0 Å². The first-order valence-corrected chi connectivity index (χ1v) is 10.5. The molecule has 2 unspecified atom stereocenters. The second-order valence-corrected chi connectivity index (χ2v) is 7.81. The van der Waals surface area contributed by atoms with Crippen LogP contribution in [0, 0.1) is 0 Å². The molecule has 2 aromatic heterocycles. The highest BCUT2D eigenvalue weighted by molar-refractivity contribution is 7.80. The van der Waals surface area contributed by atoms with E-state index in [-0.39, 0.29) is 17.6 Å². The number of rotatable bonds is 5. The Morgan fingerprint density at radius 3 is 2.56 bits per heavy atom. The fourth-order valence-electron chi connectivity index (χ4n) is 3.98. The predicted molar refractivity (Wildman–Crippen MR) is 125 cm³/mol. The summed E-state index contributed by atoms with van der Waals surface area (Å²) in [5, 5.41) is 13.3. The van der Waals surface area contributed by atoms with Gasteiger partial charge in [-0.2, -0.15) is 0 Å². The number of pyridine rings is 1. The lowest BCUT2D eigenvalue weighted by atomic mass is 10.0. The Kier molecular flexibility index (Phi) is 5.17. The predicted octanol–water partition coefficient (Wildman–Crippen LogP) is 5.22. The molecule has 0 spiro atoms. The molecule has 2 aromatic carbocycles. The first kappa shape index (κ1) is 20.0. The summed E-state index contributed by atoms with van der Waals surface area (Å²) in [6, 6.07) is 25.7. The van der Waals surface area contributed by atoms with Crippen molar-refractivity contribution in [1.29, 1.82) is 0 Å². The van der Waals surface area contributed by atoms with Crippen LogP contribution >= 0.6 is 12.2 Å². The third kappa shape index (κ3) is 3.63. The number of furan rings is 1. The Hall–Kier alpha value is -3.97. The van der Waals surface area contributed by atoms with Gasteiger partial charge in [-0.05, 0) is 60.7 Å². The van der Waals surface area contributed by atoms with Gasteiger partial charge in [0.25, 0.3) is 0 Å². The number of hydrogen-bond donors (Lipinski definition) is 2. The molecule has 0 amide bonds. The minimum atomic E-state index is -0.977. The van der Waals surface area contributed by atoms with Gasteiger partial charge < -0.3 is 19.7 Å². The van der Waals surface area contributed by atoms with E-state index in [0.29, 0.717) is 22.2 Å². The molecule has 0 radical (unpaired) electrons. The molecular formula is C25H19N3O3S. The summed E-state index contributed by atoms with van der Waals surface area (Å²) in [5.41, 5.74) is 2.70. The van der Waals surface area contributed by atoms with Crippen molar-refractivity contribution in [2.45, 2.75) is 12.1 Å². The minimum absolute atomic E-state index is 0.210. The molecule has 1 fully saturated rings. The molecule has 1 aliphatic rings. The highest BCUT2D eigenvalue weighted by atomic mass is 32.1. The lowest BCUT2D eigenvalue weighted by Crippen LogP contribution is -2.29. The van der Waals surface area contributed by atoms with Crippen LogP contribution in [0.3, 0.4) is 0 Å². The largest absolute Gasteiger partial charge is 0.478 e. The maximum atomic E-state index is 11.4. The van der Waals surface area contributed by atoms with Crippen molar-refractivity contribution >= 4 is 29.0 Å². The van der Waals surface area contributed by atoms with Crippen molar-refractivity contribution in [1.82, 2.24) is 10.3 Å². The van der Waals surface area contributed by atoms with Crippen LogP contribution in [0.25, 0.3) is 11.3 Å². The average Bonchev–Trinajstić information content (AvgIpc) is 3.45. The van der Waals surface area contributed by atoms with Gasteiger partial charge in [-0.3, -0.25) is 4.98 Å². The highest BCUT2D eigenvalue weighted by Crippen LogP contribution is 2.42. The molecule has 0 saturated carbocycles. The first-order chi connectivity index (χ1) is 15.6. The third-order valence-corrected chi connectivity index (χ3v) is 5.76. The molecule has 1 aliphatic heterocycles. The molecule has 0 aliphatic carbocycles. The van der Waals surface area contributed by atoms with Crippen molar-refractivity contribution in [3.63, 3.8) is 0 Å². The quantitative estimate of drug-likeness (QED) is 0.411. The SMILES string of the molecule is O=C(O)c1cccc(-c2ccc(C3C(c4ccccn4)NC(=S)N3c3ccccc3)o2)c1. The van der Waals surface area contributed by atoms with Crippen LogP contribution in [0.2, 0.25) is 0 Å². The fraction of sp³-hybridized carbons (Fsp3) is 0.0800. The highest BCUT2D eigenvalue weighted by Gasteiger charge is 2.42. The van der Waals surface area contributed by atoms with Gasteiger partial charge in [0.15, 0.2) is 5.11 Å². The van der Waals surface area contributed by atoms with Crippen molar-refractivity contribution < 1.29 is 14.3 Å². The van der Waals surface area contributed by atoms with Gasteiger partial charge in [0.05, 0.1) is 17.3 Å². The molecule has 2 atom stereocenters. The number of thiocarbonyl (C=S) groups is 1. The zero-order valence-electron chi connectivity index (χ0n) is 16.9. The van der Waals surface area contributed by atoms with E-state index < -0.39 is 5.97 Å². The molecule has 32 heavy (non-hydrogen) atoms. The summed E-state index contributed by atoms with van der Waals surface area (Å²) < 4.78 is 6.28. The average molecular weight is 442 g/mol. The molecule has 4 aromatic rings. The van der Waals surface area contributed by atoms with Gasteiger partial charge in [-0.1, -0.05) is 36.4 Å². The summed E-state index contributed by atoms with van der Waals surface area (Å²) in [7, 11) is 0. The molecule has 158 valence electrons. The Balaban J connectivity index is 1.58. The van der Waals surface area contributed by atoms with E-state index in [9.17, 15) is 9.90 Å². The Morgan fingerprint density at radius 1 is 1.00 bits per heavy atom. The number of anilines is 1. The first-order valence-electron chi connectivity index (χ1n) is 10.1. The maximum Gasteiger partial charge on any atom is 0.335 e. The monoisotopic (exact) mass is 441 g/mol. The molecule has 2 N–H and O–H groups in total. The van der Waals surface area contributed by atoms with Gasteiger partial charge >= 0.3 is 5.97 Å². The maximum absolute atomic E-state index is 11.4. The number of aromatic carboxylic acids is 1. The molecule has 3 heterocycles. The van der Waals surface area contributed by atoms with Crippen molar-refractivity contribution in [2.24, 2.45) is 0 Å². The number of nitrogens with zero attached hydrogens (tertiary/aromatic N) is 2. The number of carboxylic acid groups (broad SMARTS) is 1. The number of benzene rings is 2. The zero-order chi connectivity index (χ0) is 22.1. The Morgan fingerprint density at radius 2 is 1.81 bits per heavy atom. The van der Waals surface area contributed by atoms with E-state index in [1.165, 1.54) is 0 Å². The molecule has 5 rings (SSSR count). The van der Waals surface area contributed by atoms with Crippen molar-refractivity contribution in [3.8, 4) is 11.3 Å². The molecule has 0 bridgehead atoms. The second kappa shape index (κ2) is 8.28. The third-order valence-electron chi connectivity index (χ3n) is 5.44. The van der Waals surface area contributed by atoms with E-state index >= 15 is 0 Å². The summed E-state index contributed by atoms with van der Waals surface area (Å²) >= 11 is 5.70. The van der Waals surface area contributed by atoms with E-state index in [4.69, 9.17) is 16.6 Å². The van der Waals surface area contributed by atoms with Crippen LogP contribution in [0.4, 0.5) is 5.69 Å². The summed E-state index contributed by atoms with van der Waals surface area (Å²) in [5.74, 6) is 0.315. The fourth-order valence-corrected chi connectivity index (χ4v) is 4.33. The van der Waals surface area contributed by atoms with Gasteiger partial charge in [0, 0.05) is 17.4 Å². The molecule has 1 saturated heterocycles. The number of aromatic nitrogens is 1. The minimum Gasteiger partial charge on any atom is -0.478 e. The summed E-state index contributed by atoms with van der Waals surface area (Å²) in [6.45, 7) is 0. The van der Waals surface area contributed by atoms with Crippen LogP contribution in [0.1, 0.15) is 33.9 Å². The summed E-state index contributed by atoms with van der Waals surface area (Å²) in [6.07, 6.45) is 1.76. The number of nitrogens with one attached hydrogen (secondary N) is 1. The van der Waals surface area contributed by atoms with Gasteiger partial charge in [-0.15, -0.1) is 0 Å². The summed E-state index contributed by atoms with van der Waals surface area (Å²) in [4.78, 5) is 17.9. The zero-order valence-corrected chi connectivity index (χ0v) is 17.7. The van der Waals surface area contributed by atoms with E-state index in [2.05, 4.69) is 10.3 Å². The second-order valence-electron chi connectivity index (χ2n) is 7.42. The van der Waals surface area contributed by atoms with Crippen LogP contribution in [0.5, 0.6) is 0 Å². The van der Waals surface area contributed by atoms with E-state index in [1.807, 2.05) is 71.6 Å². The Labute approximate surface area is 190 Å². The van der Waals surface area contributed by atoms with Crippen LogP contribution in [-0.4, -0.2) is 21.2 Å². The number of carboxylic acids is 1.